The third-order valence-corrected chi connectivity index (χ3v) is 7.45. The van der Waals surface area contributed by atoms with Gasteiger partial charge in [0.2, 0.25) is 5.91 Å². The lowest BCUT2D eigenvalue weighted by molar-refractivity contribution is -0.116. The van der Waals surface area contributed by atoms with Crippen LogP contribution < -0.4 is 15.5 Å². The number of benzene rings is 1. The van der Waals surface area contributed by atoms with Crippen LogP contribution in [0, 0.1) is 10.7 Å². The number of aliphatic hydroxyl groups is 5. The van der Waals surface area contributed by atoms with E-state index in [1.807, 2.05) is 67.8 Å². The van der Waals surface area contributed by atoms with Crippen LogP contribution in [0.2, 0.25) is 0 Å². The van der Waals surface area contributed by atoms with Crippen LogP contribution in [0.5, 0.6) is 0 Å². The molecule has 180 valence electrons. The van der Waals surface area contributed by atoms with Gasteiger partial charge in [0.25, 0.3) is 11.8 Å². The number of carbonyl (C=O) groups excluding carboxylic acids is 3. The molecule has 1 aromatic carbocycles. The van der Waals surface area contributed by atoms with Crippen molar-refractivity contribution in [2.45, 2.75) is 19.0 Å². The average Bonchev–Trinajstić information content (AvgIpc) is 2.74. The van der Waals surface area contributed by atoms with E-state index in [4.69, 9.17) is 0 Å². The lowest BCUT2D eigenvalue weighted by Crippen LogP contribution is -2.43. The van der Waals surface area contributed by atoms with Crippen LogP contribution in [0.1, 0.15) is 27.6 Å². The quantitative estimate of drug-likeness (QED) is 0.140. The van der Waals surface area contributed by atoms with E-state index in [2.05, 4.69) is 10.6 Å². The molecule has 0 aliphatic rings. The normalized spacial score (nSPS) is 11.1. The molecule has 0 heterocycles. The van der Waals surface area contributed by atoms with Gasteiger partial charge in [-0.05, 0) is 67.8 Å². The Bertz CT molecular complexity index is 794. The van der Waals surface area contributed by atoms with Crippen molar-refractivity contribution in [2.75, 3.05) is 44.5 Å². The van der Waals surface area contributed by atoms with E-state index >= 15 is 0 Å². The summed E-state index contributed by atoms with van der Waals surface area (Å²) in [4.78, 5) is 39.6. The van der Waals surface area contributed by atoms with Crippen molar-refractivity contribution in [1.29, 1.82) is 0 Å². The van der Waals surface area contributed by atoms with E-state index in [0.717, 1.165) is 0 Å². The number of nitrogens with zero attached hydrogens (tertiary/aromatic N) is 1. The van der Waals surface area contributed by atoms with Gasteiger partial charge in [-0.2, -0.15) is 0 Å². The monoisotopic (exact) mass is 791 g/mol. The summed E-state index contributed by atoms with van der Waals surface area (Å²) in [6.45, 7) is -1.24. The van der Waals surface area contributed by atoms with Crippen LogP contribution in [0.25, 0.3) is 0 Å². The van der Waals surface area contributed by atoms with Gasteiger partial charge in [0.05, 0.1) is 69.1 Å². The first kappa shape index (κ1) is 29.7. The smallest absolute Gasteiger partial charge is 0.253 e. The first-order valence-electron chi connectivity index (χ1n) is 9.23. The zero-order valence-corrected chi connectivity index (χ0v) is 23.4. The molecule has 0 bridgehead atoms. The number of halogens is 3. The standard InChI is InChI=1S/C18H24I3N3O8/c1-8(30)24(2-3-25)16-14(20)11(17(31)22-9(4-26)5-27)13(19)12(15(16)21)18(32)23-10(6-28)7-29/h9-10,25-29H,2-7H2,1H3,(H,22,31)(H,23,32). The van der Waals surface area contributed by atoms with E-state index in [9.17, 15) is 39.9 Å². The lowest BCUT2D eigenvalue weighted by atomic mass is 10.1. The van der Waals surface area contributed by atoms with E-state index < -0.39 is 56.2 Å². The van der Waals surface area contributed by atoms with Crippen molar-refractivity contribution in [2.24, 2.45) is 0 Å². The summed E-state index contributed by atoms with van der Waals surface area (Å²) in [5.74, 6) is -1.81. The highest BCUT2D eigenvalue weighted by atomic mass is 127. The number of amides is 3. The van der Waals surface area contributed by atoms with Gasteiger partial charge in [-0.3, -0.25) is 14.4 Å². The Morgan fingerprint density at radius 1 is 0.781 bits per heavy atom. The highest BCUT2D eigenvalue weighted by Gasteiger charge is 2.32. The summed E-state index contributed by atoms with van der Waals surface area (Å²) in [5, 5.41) is 51.6. The molecule has 0 aliphatic heterocycles. The molecule has 0 atom stereocenters. The zero-order valence-electron chi connectivity index (χ0n) is 16.9. The average molecular weight is 791 g/mol. The fourth-order valence-corrected chi connectivity index (χ4v) is 7.35. The molecular weight excluding hydrogens is 767 g/mol. The third kappa shape index (κ3) is 7.06. The highest BCUT2D eigenvalue weighted by Crippen LogP contribution is 2.38. The van der Waals surface area contributed by atoms with Crippen molar-refractivity contribution in [3.63, 3.8) is 0 Å². The van der Waals surface area contributed by atoms with E-state index in [1.165, 1.54) is 11.8 Å². The third-order valence-electron chi connectivity index (χ3n) is 4.27. The van der Waals surface area contributed by atoms with Gasteiger partial charge in [0, 0.05) is 17.0 Å². The second kappa shape index (κ2) is 14.1. The maximum Gasteiger partial charge on any atom is 0.253 e. The fourth-order valence-electron chi connectivity index (χ4n) is 2.63. The zero-order chi connectivity index (χ0) is 24.6. The van der Waals surface area contributed by atoms with Crippen molar-refractivity contribution >= 4 is 91.2 Å². The largest absolute Gasteiger partial charge is 0.395 e. The number of hydrogen-bond acceptors (Lipinski definition) is 8. The number of hydrogen-bond donors (Lipinski definition) is 7. The fraction of sp³-hybridized carbons (Fsp3) is 0.500. The number of anilines is 1. The van der Waals surface area contributed by atoms with E-state index in [1.54, 1.807) is 0 Å². The summed E-state index contributed by atoms with van der Waals surface area (Å²) in [6, 6.07) is -1.88. The predicted molar refractivity (Wildman–Crippen MR) is 141 cm³/mol. The summed E-state index contributed by atoms with van der Waals surface area (Å²) in [6.07, 6.45) is 0. The van der Waals surface area contributed by atoms with Crippen LogP contribution in [-0.4, -0.2) is 94.9 Å². The predicted octanol–water partition coefficient (Wildman–Crippen LogP) is -0.988. The molecule has 0 unspecified atom stereocenters. The Balaban J connectivity index is 3.82. The SMILES string of the molecule is CC(=O)N(CCO)c1c(I)c(C(=O)NC(CO)CO)c(I)c(C(=O)NC(CO)CO)c1I. The number of carbonyl (C=O) groups is 3. The summed E-state index contributed by atoms with van der Waals surface area (Å²) >= 11 is 5.54. The molecule has 11 nitrogen and oxygen atoms in total. The topological polar surface area (TPSA) is 180 Å². The maximum atomic E-state index is 13.0. The van der Waals surface area contributed by atoms with Gasteiger partial charge in [-0.15, -0.1) is 0 Å². The molecule has 32 heavy (non-hydrogen) atoms. The Hall–Kier alpha value is -0.380. The number of nitrogens with one attached hydrogen (secondary N) is 2. The second-order valence-electron chi connectivity index (χ2n) is 6.51. The first-order valence-corrected chi connectivity index (χ1v) is 12.5. The molecule has 14 heteroatoms. The Labute approximate surface area is 225 Å². The highest BCUT2D eigenvalue weighted by molar-refractivity contribution is 14.1. The molecule has 1 rings (SSSR count). The summed E-state index contributed by atoms with van der Waals surface area (Å²) < 4.78 is 0.876. The molecule has 0 saturated heterocycles. The molecular formula is C18H24I3N3O8. The van der Waals surface area contributed by atoms with Crippen molar-refractivity contribution in [3.8, 4) is 0 Å². The molecule has 1 aromatic rings. The maximum absolute atomic E-state index is 13.0. The minimum absolute atomic E-state index is 0.0346. The molecule has 0 aliphatic carbocycles. The van der Waals surface area contributed by atoms with Gasteiger partial charge in [0.15, 0.2) is 0 Å². The van der Waals surface area contributed by atoms with Crippen LogP contribution >= 0.6 is 67.8 Å². The molecule has 0 radical (unpaired) electrons. The minimum Gasteiger partial charge on any atom is -0.395 e. The Morgan fingerprint density at radius 2 is 1.16 bits per heavy atom. The van der Waals surface area contributed by atoms with E-state index in [-0.39, 0.29) is 33.5 Å². The summed E-state index contributed by atoms with van der Waals surface area (Å²) in [5.41, 5.74) is 0.303. The van der Waals surface area contributed by atoms with Crippen molar-refractivity contribution in [1.82, 2.24) is 10.6 Å². The van der Waals surface area contributed by atoms with Crippen LogP contribution in [-0.2, 0) is 4.79 Å². The molecule has 0 spiro atoms. The molecule has 0 aromatic heterocycles. The van der Waals surface area contributed by atoms with Crippen LogP contribution in [0.4, 0.5) is 5.69 Å². The van der Waals surface area contributed by atoms with Crippen molar-refractivity contribution in [3.05, 3.63) is 21.8 Å². The number of rotatable bonds is 11. The molecule has 3 amide bonds. The van der Waals surface area contributed by atoms with Gasteiger partial charge in [0.1, 0.15) is 0 Å². The van der Waals surface area contributed by atoms with Crippen LogP contribution in [0.3, 0.4) is 0 Å². The van der Waals surface area contributed by atoms with Gasteiger partial charge < -0.3 is 41.1 Å². The summed E-state index contributed by atoms with van der Waals surface area (Å²) in [7, 11) is 0. The molecule has 0 fully saturated rings. The second-order valence-corrected chi connectivity index (χ2v) is 9.74. The number of aliphatic hydroxyl groups excluding tert-OH is 5. The van der Waals surface area contributed by atoms with Gasteiger partial charge >= 0.3 is 0 Å². The van der Waals surface area contributed by atoms with E-state index in [0.29, 0.717) is 7.14 Å². The van der Waals surface area contributed by atoms with Gasteiger partial charge in [-0.25, -0.2) is 0 Å². The lowest BCUT2D eigenvalue weighted by Gasteiger charge is -2.27. The Kier molecular flexibility index (Phi) is 13.1. The van der Waals surface area contributed by atoms with Gasteiger partial charge in [-0.1, -0.05) is 0 Å². The van der Waals surface area contributed by atoms with Crippen LogP contribution in [0.15, 0.2) is 0 Å². The molecule has 7 N–H and O–H groups in total. The Morgan fingerprint density at radius 3 is 1.44 bits per heavy atom. The first-order chi connectivity index (χ1) is 15.1. The minimum atomic E-state index is -0.941. The van der Waals surface area contributed by atoms with Crippen molar-refractivity contribution < 1.29 is 39.9 Å². The molecule has 0 saturated carbocycles.